The fourth-order valence-corrected chi connectivity index (χ4v) is 3.33. The molecule has 26 heavy (non-hydrogen) atoms. The molecule has 0 saturated carbocycles. The minimum atomic E-state index is -0.261. The molecule has 1 heterocycles. The molecule has 0 fully saturated rings. The Bertz CT molecular complexity index is 804. The lowest BCUT2D eigenvalue weighted by Crippen LogP contribution is -2.39. The molecule has 2 rings (SSSR count). The molecular formula is C19H27N3O3S. The second kappa shape index (κ2) is 9.73. The van der Waals surface area contributed by atoms with Crippen LogP contribution in [-0.4, -0.2) is 45.5 Å². The van der Waals surface area contributed by atoms with E-state index in [1.807, 2.05) is 38.3 Å². The van der Waals surface area contributed by atoms with E-state index in [2.05, 4.69) is 10.4 Å². The van der Waals surface area contributed by atoms with Crippen LogP contribution in [0.2, 0.25) is 0 Å². The normalized spacial score (nSPS) is 12.5. The zero-order chi connectivity index (χ0) is 19.1. The number of carbonyl (C=O) groups excluding carboxylic acids is 1. The fourth-order valence-electron chi connectivity index (χ4n) is 2.81. The number of nitrogens with one attached hydrogen (secondary N) is 1. The number of amides is 1. The Labute approximate surface area is 158 Å². The molecule has 2 N–H and O–H groups in total. The maximum absolute atomic E-state index is 12.6. The Morgan fingerprint density at radius 2 is 2.00 bits per heavy atom. The van der Waals surface area contributed by atoms with Crippen molar-refractivity contribution in [2.24, 2.45) is 5.92 Å². The molecule has 0 aliphatic heterocycles. The van der Waals surface area contributed by atoms with E-state index in [4.69, 9.17) is 0 Å². The predicted octanol–water partition coefficient (Wildman–Crippen LogP) is 1.83. The van der Waals surface area contributed by atoms with Crippen molar-refractivity contribution in [2.75, 3.05) is 18.6 Å². The third-order valence-corrected chi connectivity index (χ3v) is 4.71. The van der Waals surface area contributed by atoms with Gasteiger partial charge in [-0.3, -0.25) is 9.59 Å². The van der Waals surface area contributed by atoms with Crippen molar-refractivity contribution in [2.45, 2.75) is 39.3 Å². The van der Waals surface area contributed by atoms with Crippen LogP contribution < -0.4 is 10.9 Å². The van der Waals surface area contributed by atoms with Gasteiger partial charge in [0.05, 0.1) is 30.1 Å². The van der Waals surface area contributed by atoms with Gasteiger partial charge in [0.25, 0.3) is 5.56 Å². The number of fused-ring (bicyclic) bond motifs is 1. The number of carbonyl (C=O) groups is 1. The number of aliphatic hydroxyl groups excluding tert-OH is 1. The molecule has 6 nitrogen and oxygen atoms in total. The van der Waals surface area contributed by atoms with E-state index < -0.39 is 0 Å². The summed E-state index contributed by atoms with van der Waals surface area (Å²) in [4.78, 5) is 25.1. The van der Waals surface area contributed by atoms with Crippen LogP contribution in [0, 0.1) is 5.92 Å². The molecular weight excluding hydrogens is 350 g/mol. The second-order valence-electron chi connectivity index (χ2n) is 6.78. The highest BCUT2D eigenvalue weighted by Gasteiger charge is 2.16. The molecule has 0 saturated heterocycles. The number of thioether (sulfide) groups is 1. The molecule has 0 spiro atoms. The van der Waals surface area contributed by atoms with Gasteiger partial charge in [-0.15, -0.1) is 0 Å². The summed E-state index contributed by atoms with van der Waals surface area (Å²) >= 11 is 1.67. The van der Waals surface area contributed by atoms with Gasteiger partial charge >= 0.3 is 0 Å². The fraction of sp³-hybridized carbons (Fsp3) is 0.526. The van der Waals surface area contributed by atoms with Gasteiger partial charge in [-0.25, -0.2) is 4.68 Å². The van der Waals surface area contributed by atoms with Gasteiger partial charge in [-0.1, -0.05) is 32.0 Å². The summed E-state index contributed by atoms with van der Waals surface area (Å²) in [6, 6.07) is 6.99. The molecule has 1 unspecified atom stereocenters. The van der Waals surface area contributed by atoms with Crippen LogP contribution in [0.3, 0.4) is 0 Å². The lowest BCUT2D eigenvalue weighted by Gasteiger charge is -2.16. The summed E-state index contributed by atoms with van der Waals surface area (Å²) in [5.41, 5.74) is 0.451. The monoisotopic (exact) mass is 377 g/mol. The molecule has 7 heteroatoms. The van der Waals surface area contributed by atoms with Crippen molar-refractivity contribution >= 4 is 28.4 Å². The van der Waals surface area contributed by atoms with E-state index in [1.54, 1.807) is 17.8 Å². The van der Waals surface area contributed by atoms with Crippen molar-refractivity contribution in [3.63, 3.8) is 0 Å². The van der Waals surface area contributed by atoms with Crippen molar-refractivity contribution < 1.29 is 9.90 Å². The van der Waals surface area contributed by atoms with Gasteiger partial charge in [-0.05, 0) is 30.4 Å². The van der Waals surface area contributed by atoms with Crippen LogP contribution in [-0.2, 0) is 17.8 Å². The van der Waals surface area contributed by atoms with E-state index in [-0.39, 0.29) is 36.5 Å². The van der Waals surface area contributed by atoms with E-state index in [9.17, 15) is 14.7 Å². The van der Waals surface area contributed by atoms with Gasteiger partial charge < -0.3 is 10.4 Å². The zero-order valence-electron chi connectivity index (χ0n) is 15.6. The first kappa shape index (κ1) is 20.5. The average Bonchev–Trinajstić information content (AvgIpc) is 2.62. The number of aromatic nitrogens is 2. The van der Waals surface area contributed by atoms with Crippen molar-refractivity contribution in [1.29, 1.82) is 0 Å². The lowest BCUT2D eigenvalue weighted by atomic mass is 10.1. The Balaban J connectivity index is 2.29. The first-order valence-corrected chi connectivity index (χ1v) is 10.2. The number of benzene rings is 1. The Morgan fingerprint density at radius 1 is 1.31 bits per heavy atom. The molecule has 1 atom stereocenters. The summed E-state index contributed by atoms with van der Waals surface area (Å²) in [7, 11) is 0. The standard InChI is InChI=1S/C19H27N3O3S/c1-13(2)11-22-19(25)16-7-5-4-6-15(16)17(21-22)10-18(24)20-14(12-23)8-9-26-3/h4-7,13-14,23H,8-12H2,1-3H3,(H,20,24). The number of hydrogen-bond acceptors (Lipinski definition) is 5. The van der Waals surface area contributed by atoms with Crippen LogP contribution in [0.1, 0.15) is 26.0 Å². The van der Waals surface area contributed by atoms with Crippen LogP contribution in [0.25, 0.3) is 10.8 Å². The predicted molar refractivity (Wildman–Crippen MR) is 107 cm³/mol. The SMILES string of the molecule is CSCCC(CO)NC(=O)Cc1nn(CC(C)C)c(=O)c2ccccc12. The topological polar surface area (TPSA) is 84.2 Å². The van der Waals surface area contributed by atoms with Crippen LogP contribution in [0.5, 0.6) is 0 Å². The summed E-state index contributed by atoms with van der Waals surface area (Å²) in [5, 5.41) is 18.0. The van der Waals surface area contributed by atoms with Crippen molar-refractivity contribution in [1.82, 2.24) is 15.1 Å². The van der Waals surface area contributed by atoms with Gasteiger partial charge in [0.1, 0.15) is 0 Å². The highest BCUT2D eigenvalue weighted by molar-refractivity contribution is 7.98. The van der Waals surface area contributed by atoms with Crippen LogP contribution in [0.15, 0.2) is 29.1 Å². The Hall–Kier alpha value is -1.86. The van der Waals surface area contributed by atoms with E-state index >= 15 is 0 Å². The second-order valence-corrected chi connectivity index (χ2v) is 7.76. The highest BCUT2D eigenvalue weighted by atomic mass is 32.2. The van der Waals surface area contributed by atoms with Gasteiger partial charge in [0, 0.05) is 11.9 Å². The molecule has 0 radical (unpaired) electrons. The van der Waals surface area contributed by atoms with E-state index in [1.165, 1.54) is 4.68 Å². The number of nitrogens with zero attached hydrogens (tertiary/aromatic N) is 2. The largest absolute Gasteiger partial charge is 0.394 e. The minimum Gasteiger partial charge on any atom is -0.394 e. The molecule has 2 aromatic rings. The zero-order valence-corrected chi connectivity index (χ0v) is 16.4. The number of rotatable bonds is 9. The summed E-state index contributed by atoms with van der Waals surface area (Å²) in [6.07, 6.45) is 2.78. The van der Waals surface area contributed by atoms with E-state index in [0.717, 1.165) is 5.75 Å². The average molecular weight is 378 g/mol. The first-order chi connectivity index (χ1) is 12.5. The Morgan fingerprint density at radius 3 is 2.62 bits per heavy atom. The maximum atomic E-state index is 12.6. The van der Waals surface area contributed by atoms with E-state index in [0.29, 0.717) is 29.4 Å². The molecule has 0 aliphatic carbocycles. The summed E-state index contributed by atoms with van der Waals surface area (Å²) in [5.74, 6) is 0.942. The quantitative estimate of drug-likeness (QED) is 0.696. The molecule has 0 aliphatic rings. The molecule has 142 valence electrons. The summed E-state index contributed by atoms with van der Waals surface area (Å²) < 4.78 is 1.45. The minimum absolute atomic E-state index is 0.0780. The smallest absolute Gasteiger partial charge is 0.274 e. The van der Waals surface area contributed by atoms with Crippen molar-refractivity contribution in [3.8, 4) is 0 Å². The van der Waals surface area contributed by atoms with Gasteiger partial charge in [0.2, 0.25) is 5.91 Å². The lowest BCUT2D eigenvalue weighted by molar-refractivity contribution is -0.121. The molecule has 1 aromatic carbocycles. The molecule has 0 bridgehead atoms. The van der Waals surface area contributed by atoms with Crippen LogP contribution >= 0.6 is 11.8 Å². The van der Waals surface area contributed by atoms with Crippen LogP contribution in [0.4, 0.5) is 0 Å². The number of hydrogen-bond donors (Lipinski definition) is 2. The Kier molecular flexibility index (Phi) is 7.66. The third-order valence-electron chi connectivity index (χ3n) is 4.07. The highest BCUT2D eigenvalue weighted by Crippen LogP contribution is 2.14. The van der Waals surface area contributed by atoms with Gasteiger partial charge in [-0.2, -0.15) is 16.9 Å². The molecule has 1 aromatic heterocycles. The third kappa shape index (κ3) is 5.32. The van der Waals surface area contributed by atoms with Crippen molar-refractivity contribution in [3.05, 3.63) is 40.3 Å². The first-order valence-electron chi connectivity index (χ1n) is 8.84. The maximum Gasteiger partial charge on any atom is 0.274 e. The van der Waals surface area contributed by atoms with Gasteiger partial charge in [0.15, 0.2) is 0 Å². The number of aliphatic hydroxyl groups is 1. The summed E-state index contributed by atoms with van der Waals surface area (Å²) in [6.45, 7) is 4.46. The molecule has 1 amide bonds.